The molecule has 7 heteroatoms. The van der Waals surface area contributed by atoms with Crippen molar-refractivity contribution in [2.75, 3.05) is 13.1 Å². The molecule has 122 valence electrons. The predicted octanol–water partition coefficient (Wildman–Crippen LogP) is 3.63. The van der Waals surface area contributed by atoms with Crippen LogP contribution in [0.4, 0.5) is 13.2 Å². The Hall–Kier alpha value is -2.31. The number of rotatable bonds is 2. The van der Waals surface area contributed by atoms with Crippen LogP contribution in [0.15, 0.2) is 34.9 Å². The highest BCUT2D eigenvalue weighted by Gasteiger charge is 2.33. The summed E-state index contributed by atoms with van der Waals surface area (Å²) in [6.45, 7) is 2.58. The van der Waals surface area contributed by atoms with Crippen molar-refractivity contribution in [3.8, 4) is 0 Å². The van der Waals surface area contributed by atoms with E-state index in [0.29, 0.717) is 30.8 Å². The molecule has 2 heterocycles. The number of carbonyl (C=O) groups excluding carboxylic acids is 1. The molecule has 4 nitrogen and oxygen atoms in total. The molecule has 23 heavy (non-hydrogen) atoms. The average molecular weight is 324 g/mol. The number of hydrogen-bond donors (Lipinski definition) is 0. The van der Waals surface area contributed by atoms with Crippen molar-refractivity contribution < 1.29 is 22.5 Å². The highest BCUT2D eigenvalue weighted by atomic mass is 19.4. The molecule has 1 aromatic carbocycles. The summed E-state index contributed by atoms with van der Waals surface area (Å²) >= 11 is 0. The molecule has 1 fully saturated rings. The maximum absolute atomic E-state index is 12.8. The van der Waals surface area contributed by atoms with E-state index in [0.717, 1.165) is 12.1 Å². The Labute approximate surface area is 130 Å². The monoisotopic (exact) mass is 324 g/mol. The highest BCUT2D eigenvalue weighted by molar-refractivity contribution is 5.91. The summed E-state index contributed by atoms with van der Waals surface area (Å²) < 4.78 is 43.4. The van der Waals surface area contributed by atoms with Crippen LogP contribution in [0, 0.1) is 6.92 Å². The number of alkyl halides is 3. The molecule has 1 aromatic heterocycles. The lowest BCUT2D eigenvalue weighted by Gasteiger charge is -2.16. The van der Waals surface area contributed by atoms with E-state index in [1.807, 2.05) is 0 Å². The van der Waals surface area contributed by atoms with Crippen molar-refractivity contribution in [2.24, 2.45) is 0 Å². The smallest absolute Gasteiger partial charge is 0.351 e. The third-order valence-corrected chi connectivity index (χ3v) is 4.00. The zero-order valence-electron chi connectivity index (χ0n) is 12.4. The number of nitrogens with zero attached hydrogens (tertiary/aromatic N) is 2. The van der Waals surface area contributed by atoms with Gasteiger partial charge in [0, 0.05) is 25.1 Å². The fourth-order valence-corrected chi connectivity index (χ4v) is 2.81. The molecule has 1 atom stereocenters. The normalized spacial score (nSPS) is 18.4. The van der Waals surface area contributed by atoms with Crippen LogP contribution in [0.3, 0.4) is 0 Å². The van der Waals surface area contributed by atoms with Gasteiger partial charge in [0.25, 0.3) is 5.91 Å². The van der Waals surface area contributed by atoms with Gasteiger partial charge in [-0.2, -0.15) is 13.2 Å². The summed E-state index contributed by atoms with van der Waals surface area (Å²) in [6, 6.07) is 6.85. The largest absolute Gasteiger partial charge is 0.416 e. The van der Waals surface area contributed by atoms with Crippen LogP contribution >= 0.6 is 0 Å². The van der Waals surface area contributed by atoms with Gasteiger partial charge in [-0.3, -0.25) is 4.79 Å². The third kappa shape index (κ3) is 3.23. The lowest BCUT2D eigenvalue weighted by molar-refractivity contribution is -0.137. The van der Waals surface area contributed by atoms with Gasteiger partial charge in [0.1, 0.15) is 0 Å². The first-order valence-corrected chi connectivity index (χ1v) is 7.24. The van der Waals surface area contributed by atoms with Crippen LogP contribution in [-0.4, -0.2) is 29.1 Å². The Morgan fingerprint density at radius 3 is 2.78 bits per heavy atom. The first-order chi connectivity index (χ1) is 10.8. The molecule has 2 aromatic rings. The molecule has 0 aliphatic carbocycles. The number of benzene rings is 1. The molecule has 0 unspecified atom stereocenters. The van der Waals surface area contributed by atoms with Crippen molar-refractivity contribution in [2.45, 2.75) is 25.4 Å². The number of aromatic nitrogens is 1. The highest BCUT2D eigenvalue weighted by Crippen LogP contribution is 2.34. The molecule has 1 saturated heterocycles. The van der Waals surface area contributed by atoms with Gasteiger partial charge in [0.15, 0.2) is 0 Å². The lowest BCUT2D eigenvalue weighted by Crippen LogP contribution is -2.28. The zero-order valence-corrected chi connectivity index (χ0v) is 12.4. The van der Waals surface area contributed by atoms with E-state index in [4.69, 9.17) is 4.52 Å². The molecule has 0 spiro atoms. The van der Waals surface area contributed by atoms with E-state index in [2.05, 4.69) is 5.16 Å². The van der Waals surface area contributed by atoms with Gasteiger partial charge in [-0.05, 0) is 25.0 Å². The summed E-state index contributed by atoms with van der Waals surface area (Å²) in [5.41, 5.74) is 0.552. The van der Waals surface area contributed by atoms with Crippen LogP contribution < -0.4 is 0 Å². The van der Waals surface area contributed by atoms with E-state index >= 15 is 0 Å². The first-order valence-electron chi connectivity index (χ1n) is 7.24. The Morgan fingerprint density at radius 2 is 2.13 bits per heavy atom. The fourth-order valence-electron chi connectivity index (χ4n) is 2.81. The zero-order chi connectivity index (χ0) is 16.6. The minimum atomic E-state index is -4.36. The quantitative estimate of drug-likeness (QED) is 0.847. The number of amides is 1. The summed E-state index contributed by atoms with van der Waals surface area (Å²) in [6.07, 6.45) is -3.73. The van der Waals surface area contributed by atoms with Gasteiger partial charge in [-0.15, -0.1) is 0 Å². The molecule has 0 N–H and O–H groups in total. The molecular formula is C16H15F3N2O2. The molecule has 0 saturated carbocycles. The van der Waals surface area contributed by atoms with Gasteiger partial charge in [0.05, 0.1) is 11.3 Å². The first kappa shape index (κ1) is 15.6. The maximum Gasteiger partial charge on any atom is 0.416 e. The van der Waals surface area contributed by atoms with E-state index in [1.165, 1.54) is 6.07 Å². The number of likely N-dealkylation sites (tertiary alicyclic amines) is 1. The van der Waals surface area contributed by atoms with E-state index in [-0.39, 0.29) is 17.6 Å². The van der Waals surface area contributed by atoms with Crippen molar-refractivity contribution in [1.82, 2.24) is 10.1 Å². The lowest BCUT2D eigenvalue weighted by atomic mass is 9.96. The van der Waals surface area contributed by atoms with Crippen LogP contribution in [0.2, 0.25) is 0 Å². The number of aryl methyl sites for hydroxylation is 1. The standard InChI is InChI=1S/C16H15F3N2O2/c1-10-7-14(23-20-10)15(22)21-6-5-12(9-21)11-3-2-4-13(8-11)16(17,18)19/h2-4,7-8,12H,5-6,9H2,1H3/t12-/m0/s1. The summed E-state index contributed by atoms with van der Waals surface area (Å²) in [4.78, 5) is 13.9. The van der Waals surface area contributed by atoms with E-state index in [1.54, 1.807) is 24.0 Å². The van der Waals surface area contributed by atoms with Crippen molar-refractivity contribution in [1.29, 1.82) is 0 Å². The van der Waals surface area contributed by atoms with Gasteiger partial charge in [-0.25, -0.2) is 0 Å². The SMILES string of the molecule is Cc1cc(C(=O)N2CC[C@H](c3cccc(C(F)(F)F)c3)C2)on1. The number of halogens is 3. The molecule has 0 bridgehead atoms. The van der Waals surface area contributed by atoms with Crippen LogP contribution in [0.5, 0.6) is 0 Å². The average Bonchev–Trinajstić information content (AvgIpc) is 3.15. The Balaban J connectivity index is 1.74. The van der Waals surface area contributed by atoms with E-state index in [9.17, 15) is 18.0 Å². The Morgan fingerprint density at radius 1 is 1.35 bits per heavy atom. The summed E-state index contributed by atoms with van der Waals surface area (Å²) in [5, 5.41) is 3.68. The number of hydrogen-bond acceptors (Lipinski definition) is 3. The van der Waals surface area contributed by atoms with Crippen molar-refractivity contribution >= 4 is 5.91 Å². The molecule has 1 amide bonds. The van der Waals surface area contributed by atoms with Crippen LogP contribution in [-0.2, 0) is 6.18 Å². The topological polar surface area (TPSA) is 46.3 Å². The third-order valence-electron chi connectivity index (χ3n) is 4.00. The van der Waals surface area contributed by atoms with Gasteiger partial charge >= 0.3 is 6.18 Å². The summed E-state index contributed by atoms with van der Waals surface area (Å²) in [5.74, 6) is -0.225. The van der Waals surface area contributed by atoms with Crippen LogP contribution in [0.1, 0.15) is 39.7 Å². The molecule has 0 radical (unpaired) electrons. The molecule has 3 rings (SSSR count). The molecule has 1 aliphatic rings. The minimum Gasteiger partial charge on any atom is -0.351 e. The second kappa shape index (κ2) is 5.72. The fraction of sp³-hybridized carbons (Fsp3) is 0.375. The van der Waals surface area contributed by atoms with Crippen molar-refractivity contribution in [3.63, 3.8) is 0 Å². The summed E-state index contributed by atoms with van der Waals surface area (Å²) in [7, 11) is 0. The molecular weight excluding hydrogens is 309 g/mol. The van der Waals surface area contributed by atoms with Gasteiger partial charge in [0.2, 0.25) is 5.76 Å². The Kier molecular flexibility index (Phi) is 3.87. The predicted molar refractivity (Wildman–Crippen MR) is 75.9 cm³/mol. The second-order valence-electron chi connectivity index (χ2n) is 5.69. The van der Waals surface area contributed by atoms with Crippen molar-refractivity contribution in [3.05, 3.63) is 52.9 Å². The molecule has 1 aliphatic heterocycles. The number of carbonyl (C=O) groups is 1. The van der Waals surface area contributed by atoms with E-state index < -0.39 is 11.7 Å². The maximum atomic E-state index is 12.8. The van der Waals surface area contributed by atoms with Gasteiger partial charge < -0.3 is 9.42 Å². The second-order valence-corrected chi connectivity index (χ2v) is 5.69. The van der Waals surface area contributed by atoms with Gasteiger partial charge in [-0.1, -0.05) is 23.4 Å². The van der Waals surface area contributed by atoms with Crippen LogP contribution in [0.25, 0.3) is 0 Å². The minimum absolute atomic E-state index is 0.106. The Bertz CT molecular complexity index is 724.